The molecule has 3 N–H and O–H groups in total. The van der Waals surface area contributed by atoms with Crippen molar-refractivity contribution in [1.29, 1.82) is 5.26 Å². The van der Waals surface area contributed by atoms with Gasteiger partial charge in [-0.15, -0.1) is 0 Å². The Hall–Kier alpha value is -2.85. The van der Waals surface area contributed by atoms with Crippen molar-refractivity contribution in [1.82, 2.24) is 10.6 Å². The lowest BCUT2D eigenvalue weighted by Gasteiger charge is -2.06. The molecule has 0 atom stereocenters. The average Bonchev–Trinajstić information content (AvgIpc) is 2.64. The summed E-state index contributed by atoms with van der Waals surface area (Å²) in [5.41, 5.74) is 1.03. The first kappa shape index (κ1) is 21.2. The first-order valence-corrected chi connectivity index (χ1v) is 8.60. The van der Waals surface area contributed by atoms with Crippen LogP contribution in [-0.4, -0.2) is 36.7 Å². The first-order valence-electron chi connectivity index (χ1n) is 8.60. The zero-order chi connectivity index (χ0) is 19.2. The van der Waals surface area contributed by atoms with Gasteiger partial charge in [-0.25, -0.2) is 4.79 Å². The Bertz CT molecular complexity index is 648. The minimum Gasteiger partial charge on any atom is -0.478 e. The molecule has 0 saturated heterocycles. The number of carbonyl (C=O) groups is 2. The molecule has 0 aliphatic carbocycles. The van der Waals surface area contributed by atoms with Gasteiger partial charge in [0, 0.05) is 32.5 Å². The van der Waals surface area contributed by atoms with Crippen molar-refractivity contribution in [2.75, 3.05) is 19.8 Å². The Labute approximate surface area is 153 Å². The van der Waals surface area contributed by atoms with Gasteiger partial charge in [0.2, 0.25) is 0 Å². The van der Waals surface area contributed by atoms with Gasteiger partial charge in [0.25, 0.3) is 5.91 Å². The van der Waals surface area contributed by atoms with Crippen molar-refractivity contribution in [2.45, 2.75) is 32.7 Å². The van der Waals surface area contributed by atoms with Crippen molar-refractivity contribution in [3.63, 3.8) is 0 Å². The number of amides is 1. The fraction of sp³-hybridized carbons (Fsp3) is 0.421. The fourth-order valence-electron chi connectivity index (χ4n) is 2.00. The number of ether oxygens (including phenoxy) is 1. The van der Waals surface area contributed by atoms with Crippen LogP contribution in [0.1, 0.15) is 42.1 Å². The third kappa shape index (κ3) is 8.31. The van der Waals surface area contributed by atoms with E-state index in [1.807, 2.05) is 6.07 Å². The number of nitrogens with zero attached hydrogens (tertiary/aromatic N) is 1. The number of carboxylic acid groups (broad SMARTS) is 1. The molecule has 0 aliphatic heterocycles. The zero-order valence-electron chi connectivity index (χ0n) is 15.0. The topological polar surface area (TPSA) is 111 Å². The van der Waals surface area contributed by atoms with Crippen LogP contribution < -0.4 is 10.6 Å². The summed E-state index contributed by atoms with van der Waals surface area (Å²) in [4.78, 5) is 22.7. The maximum absolute atomic E-state index is 11.9. The quantitative estimate of drug-likeness (QED) is 0.300. The second kappa shape index (κ2) is 12.5. The average molecular weight is 359 g/mol. The lowest BCUT2D eigenvalue weighted by molar-refractivity contribution is -0.117. The predicted molar refractivity (Wildman–Crippen MR) is 97.3 cm³/mol. The standard InChI is InChI=1S/C19H25N3O4/c1-2-3-10-26-11-4-9-22-18(23)17(12-20)14-21-13-15-5-7-16(8-6-15)19(24)25/h5-8,14,21H,2-4,9-11,13H2,1H3,(H,22,23)(H,24,25)/b17-14-. The minimum absolute atomic E-state index is 0.0148. The molecule has 0 radical (unpaired) electrons. The molecule has 0 fully saturated rings. The van der Waals surface area contributed by atoms with Crippen LogP contribution in [0.25, 0.3) is 0 Å². The summed E-state index contributed by atoms with van der Waals surface area (Å²) in [6.07, 6.45) is 4.16. The third-order valence-corrected chi connectivity index (χ3v) is 3.51. The highest BCUT2D eigenvalue weighted by Gasteiger charge is 2.07. The van der Waals surface area contributed by atoms with E-state index in [4.69, 9.17) is 15.1 Å². The maximum atomic E-state index is 11.9. The molecular weight excluding hydrogens is 334 g/mol. The van der Waals surface area contributed by atoms with E-state index in [1.165, 1.54) is 18.3 Å². The molecule has 0 aromatic heterocycles. The summed E-state index contributed by atoms with van der Waals surface area (Å²) in [5.74, 6) is -1.42. The SMILES string of the molecule is CCCCOCCCNC(=O)/C(C#N)=C\NCc1ccc(C(=O)O)cc1. The molecule has 0 spiro atoms. The van der Waals surface area contributed by atoms with Gasteiger partial charge in [-0.2, -0.15) is 5.26 Å². The van der Waals surface area contributed by atoms with Crippen LogP contribution in [0.15, 0.2) is 36.0 Å². The summed E-state index contributed by atoms with van der Waals surface area (Å²) in [7, 11) is 0. The molecule has 7 heteroatoms. The number of carbonyl (C=O) groups excluding carboxylic acids is 1. The zero-order valence-corrected chi connectivity index (χ0v) is 15.0. The van der Waals surface area contributed by atoms with Crippen LogP contribution in [0.2, 0.25) is 0 Å². The molecule has 0 unspecified atom stereocenters. The monoisotopic (exact) mass is 359 g/mol. The lowest BCUT2D eigenvalue weighted by Crippen LogP contribution is -2.27. The molecule has 1 amide bonds. The molecule has 1 rings (SSSR count). The summed E-state index contributed by atoms with van der Waals surface area (Å²) in [6, 6.07) is 8.22. The second-order valence-corrected chi connectivity index (χ2v) is 5.63. The first-order chi connectivity index (χ1) is 12.6. The highest BCUT2D eigenvalue weighted by atomic mass is 16.5. The normalized spacial score (nSPS) is 10.8. The van der Waals surface area contributed by atoms with Gasteiger partial charge in [0.05, 0.1) is 5.56 Å². The lowest BCUT2D eigenvalue weighted by atomic mass is 10.1. The molecule has 0 saturated carbocycles. The van der Waals surface area contributed by atoms with Crippen LogP contribution in [-0.2, 0) is 16.1 Å². The Balaban J connectivity index is 2.34. The Morgan fingerprint density at radius 3 is 2.54 bits per heavy atom. The number of benzene rings is 1. The largest absolute Gasteiger partial charge is 0.478 e. The molecule has 7 nitrogen and oxygen atoms in total. The molecule has 26 heavy (non-hydrogen) atoms. The maximum Gasteiger partial charge on any atom is 0.335 e. The van der Waals surface area contributed by atoms with Gasteiger partial charge < -0.3 is 20.5 Å². The van der Waals surface area contributed by atoms with E-state index in [-0.39, 0.29) is 11.1 Å². The molecule has 0 bridgehead atoms. The van der Waals surface area contributed by atoms with Gasteiger partial charge >= 0.3 is 5.97 Å². The number of nitrogens with one attached hydrogen (secondary N) is 2. The molecular formula is C19H25N3O4. The molecule has 0 aliphatic rings. The van der Waals surface area contributed by atoms with Crippen molar-refractivity contribution >= 4 is 11.9 Å². The molecule has 1 aromatic rings. The smallest absolute Gasteiger partial charge is 0.335 e. The number of hydrogen-bond acceptors (Lipinski definition) is 5. The van der Waals surface area contributed by atoms with E-state index < -0.39 is 11.9 Å². The Morgan fingerprint density at radius 1 is 1.23 bits per heavy atom. The van der Waals surface area contributed by atoms with Crippen LogP contribution in [0.4, 0.5) is 0 Å². The fourth-order valence-corrected chi connectivity index (χ4v) is 2.00. The van der Waals surface area contributed by atoms with Gasteiger partial charge in [0.1, 0.15) is 11.6 Å². The van der Waals surface area contributed by atoms with E-state index in [0.29, 0.717) is 26.1 Å². The second-order valence-electron chi connectivity index (χ2n) is 5.63. The number of aromatic carboxylic acids is 1. The van der Waals surface area contributed by atoms with E-state index >= 15 is 0 Å². The van der Waals surface area contributed by atoms with Crippen molar-refractivity contribution < 1.29 is 19.4 Å². The van der Waals surface area contributed by atoms with Crippen molar-refractivity contribution in [3.8, 4) is 6.07 Å². The molecule has 1 aromatic carbocycles. The Morgan fingerprint density at radius 2 is 1.92 bits per heavy atom. The van der Waals surface area contributed by atoms with E-state index in [9.17, 15) is 9.59 Å². The van der Waals surface area contributed by atoms with Gasteiger partial charge in [0.15, 0.2) is 0 Å². The van der Waals surface area contributed by atoms with Crippen LogP contribution in [0.5, 0.6) is 0 Å². The van der Waals surface area contributed by atoms with Crippen molar-refractivity contribution in [2.24, 2.45) is 0 Å². The van der Waals surface area contributed by atoms with E-state index in [1.54, 1.807) is 12.1 Å². The highest BCUT2D eigenvalue weighted by Crippen LogP contribution is 2.04. The number of carboxylic acids is 1. The molecule has 0 heterocycles. The number of rotatable bonds is 12. The van der Waals surface area contributed by atoms with Gasteiger partial charge in [-0.3, -0.25) is 4.79 Å². The van der Waals surface area contributed by atoms with Gasteiger partial charge in [-0.05, 0) is 30.5 Å². The minimum atomic E-state index is -0.983. The number of unbranched alkanes of at least 4 members (excludes halogenated alkanes) is 1. The summed E-state index contributed by atoms with van der Waals surface area (Å²) in [6.45, 7) is 4.23. The van der Waals surface area contributed by atoms with E-state index in [2.05, 4.69) is 17.6 Å². The predicted octanol–water partition coefficient (Wildman–Crippen LogP) is 2.20. The number of nitriles is 1. The summed E-state index contributed by atoms with van der Waals surface area (Å²) in [5, 5.41) is 23.5. The van der Waals surface area contributed by atoms with Crippen LogP contribution in [0.3, 0.4) is 0 Å². The highest BCUT2D eigenvalue weighted by molar-refractivity contribution is 5.97. The number of hydrogen-bond donors (Lipinski definition) is 3. The van der Waals surface area contributed by atoms with Gasteiger partial charge in [-0.1, -0.05) is 25.5 Å². The van der Waals surface area contributed by atoms with Crippen LogP contribution in [0, 0.1) is 11.3 Å². The van der Waals surface area contributed by atoms with E-state index in [0.717, 1.165) is 25.0 Å². The molecule has 140 valence electrons. The Kier molecular flexibility index (Phi) is 10.2. The summed E-state index contributed by atoms with van der Waals surface area (Å²) < 4.78 is 5.40. The third-order valence-electron chi connectivity index (χ3n) is 3.51. The van der Waals surface area contributed by atoms with Crippen LogP contribution >= 0.6 is 0 Å². The van der Waals surface area contributed by atoms with Crippen molar-refractivity contribution in [3.05, 3.63) is 47.2 Å². The summed E-state index contributed by atoms with van der Waals surface area (Å²) >= 11 is 0.